The Morgan fingerprint density at radius 1 is 1.27 bits per heavy atom. The van der Waals surface area contributed by atoms with E-state index in [2.05, 4.69) is 24.1 Å². The average molecular weight is 383 g/mol. The first kappa shape index (κ1) is 20.8. The number of piperidine rings is 1. The van der Waals surface area contributed by atoms with Crippen LogP contribution in [0.5, 0.6) is 0 Å². The number of benzene rings is 1. The number of sulfonamides is 1. The standard InChI is InChI=1S/C18H30N4O3S/c1-12(14-5-7-15(8-6-14)26(20,24)25)21-17(23)13(2)22-10-9-16(19)18(3,4)11-22/h5-8,12-13,16H,9-11,19H2,1-4H3,(H,21,23)(H2,20,24,25). The lowest BCUT2D eigenvalue weighted by Crippen LogP contribution is -2.57. The molecule has 146 valence electrons. The number of hydrogen-bond acceptors (Lipinski definition) is 5. The smallest absolute Gasteiger partial charge is 0.238 e. The molecule has 0 aliphatic carbocycles. The lowest BCUT2D eigenvalue weighted by molar-refractivity contribution is -0.127. The van der Waals surface area contributed by atoms with Crippen molar-refractivity contribution in [2.75, 3.05) is 13.1 Å². The van der Waals surface area contributed by atoms with Gasteiger partial charge in [-0.1, -0.05) is 26.0 Å². The molecule has 3 atom stereocenters. The number of carbonyl (C=O) groups excluding carboxylic acids is 1. The number of nitrogens with zero attached hydrogens (tertiary/aromatic N) is 1. The normalized spacial score (nSPS) is 23.2. The fourth-order valence-corrected chi connectivity index (χ4v) is 3.79. The van der Waals surface area contributed by atoms with Gasteiger partial charge >= 0.3 is 0 Å². The lowest BCUT2D eigenvalue weighted by atomic mass is 9.79. The number of amides is 1. The van der Waals surface area contributed by atoms with E-state index < -0.39 is 10.0 Å². The number of nitrogens with two attached hydrogens (primary N) is 2. The maximum absolute atomic E-state index is 12.6. The summed E-state index contributed by atoms with van der Waals surface area (Å²) in [5, 5.41) is 8.10. The molecule has 1 heterocycles. The largest absolute Gasteiger partial charge is 0.348 e. The van der Waals surface area contributed by atoms with E-state index in [-0.39, 0.29) is 34.3 Å². The molecule has 1 aliphatic heterocycles. The summed E-state index contributed by atoms with van der Waals surface area (Å²) in [5.41, 5.74) is 6.96. The first-order valence-electron chi connectivity index (χ1n) is 8.84. The van der Waals surface area contributed by atoms with Crippen molar-refractivity contribution in [1.29, 1.82) is 0 Å². The van der Waals surface area contributed by atoms with Crippen LogP contribution in [0.25, 0.3) is 0 Å². The number of likely N-dealkylation sites (tertiary alicyclic amines) is 1. The molecule has 0 saturated carbocycles. The van der Waals surface area contributed by atoms with Crippen molar-refractivity contribution in [3.63, 3.8) is 0 Å². The summed E-state index contributed by atoms with van der Waals surface area (Å²) in [4.78, 5) is 14.9. The third kappa shape index (κ3) is 4.82. The van der Waals surface area contributed by atoms with Crippen LogP contribution in [-0.4, -0.2) is 44.4 Å². The molecule has 1 aliphatic rings. The Bertz CT molecular complexity index is 746. The molecule has 1 aromatic carbocycles. The van der Waals surface area contributed by atoms with Gasteiger partial charge in [0.15, 0.2) is 0 Å². The molecule has 5 N–H and O–H groups in total. The number of hydrogen-bond donors (Lipinski definition) is 3. The second-order valence-corrected chi connectivity index (χ2v) is 9.44. The summed E-state index contributed by atoms with van der Waals surface area (Å²) >= 11 is 0. The summed E-state index contributed by atoms with van der Waals surface area (Å²) < 4.78 is 22.7. The van der Waals surface area contributed by atoms with Crippen LogP contribution in [0.4, 0.5) is 0 Å². The minimum absolute atomic E-state index is 0.0258. The Balaban J connectivity index is 2.00. The summed E-state index contributed by atoms with van der Waals surface area (Å²) in [5.74, 6) is -0.0562. The van der Waals surface area contributed by atoms with Crippen molar-refractivity contribution in [3.05, 3.63) is 29.8 Å². The number of carbonyl (C=O) groups is 1. The Morgan fingerprint density at radius 2 is 1.85 bits per heavy atom. The molecule has 8 heteroatoms. The molecule has 1 amide bonds. The molecule has 0 bridgehead atoms. The molecule has 3 unspecified atom stereocenters. The second kappa shape index (κ2) is 7.64. The molecule has 0 spiro atoms. The fourth-order valence-electron chi connectivity index (χ4n) is 3.28. The highest BCUT2D eigenvalue weighted by Crippen LogP contribution is 2.29. The molecule has 1 fully saturated rings. The van der Waals surface area contributed by atoms with Gasteiger partial charge in [-0.05, 0) is 43.4 Å². The average Bonchev–Trinajstić information content (AvgIpc) is 2.55. The van der Waals surface area contributed by atoms with Gasteiger partial charge in [0.25, 0.3) is 0 Å². The number of rotatable bonds is 5. The topological polar surface area (TPSA) is 119 Å². The molecule has 2 rings (SSSR count). The van der Waals surface area contributed by atoms with Crippen molar-refractivity contribution in [1.82, 2.24) is 10.2 Å². The molecular weight excluding hydrogens is 352 g/mol. The van der Waals surface area contributed by atoms with Gasteiger partial charge in [-0.15, -0.1) is 0 Å². The minimum Gasteiger partial charge on any atom is -0.348 e. The minimum atomic E-state index is -3.72. The highest BCUT2D eigenvalue weighted by atomic mass is 32.2. The third-order valence-corrected chi connectivity index (χ3v) is 6.27. The van der Waals surface area contributed by atoms with E-state index in [0.29, 0.717) is 0 Å². The van der Waals surface area contributed by atoms with Gasteiger partial charge in [-0.2, -0.15) is 0 Å². The summed E-state index contributed by atoms with van der Waals surface area (Å²) in [6.07, 6.45) is 0.870. The fraction of sp³-hybridized carbons (Fsp3) is 0.611. The molecule has 7 nitrogen and oxygen atoms in total. The van der Waals surface area contributed by atoms with E-state index in [0.717, 1.165) is 25.1 Å². The van der Waals surface area contributed by atoms with Crippen LogP contribution in [0.1, 0.15) is 45.7 Å². The van der Waals surface area contributed by atoms with E-state index in [1.165, 1.54) is 12.1 Å². The van der Waals surface area contributed by atoms with Crippen molar-refractivity contribution in [2.45, 2.75) is 57.1 Å². The molecule has 0 aromatic heterocycles. The van der Waals surface area contributed by atoms with Crippen LogP contribution >= 0.6 is 0 Å². The predicted molar refractivity (Wildman–Crippen MR) is 102 cm³/mol. The molecule has 0 radical (unpaired) electrons. The van der Waals surface area contributed by atoms with Crippen LogP contribution in [0.3, 0.4) is 0 Å². The zero-order chi connectivity index (χ0) is 19.7. The van der Waals surface area contributed by atoms with Gasteiger partial charge in [0.05, 0.1) is 17.0 Å². The summed E-state index contributed by atoms with van der Waals surface area (Å²) in [7, 11) is -3.72. The van der Waals surface area contributed by atoms with Crippen LogP contribution in [0.15, 0.2) is 29.2 Å². The molecule has 1 saturated heterocycles. The van der Waals surface area contributed by atoms with Gasteiger partial charge < -0.3 is 11.1 Å². The van der Waals surface area contributed by atoms with Gasteiger partial charge in [0.1, 0.15) is 0 Å². The van der Waals surface area contributed by atoms with E-state index in [1.54, 1.807) is 12.1 Å². The molecule has 1 aromatic rings. The highest BCUT2D eigenvalue weighted by Gasteiger charge is 2.36. The van der Waals surface area contributed by atoms with Crippen molar-refractivity contribution in [2.24, 2.45) is 16.3 Å². The monoisotopic (exact) mass is 382 g/mol. The van der Waals surface area contributed by atoms with Crippen LogP contribution < -0.4 is 16.2 Å². The van der Waals surface area contributed by atoms with E-state index >= 15 is 0 Å². The Morgan fingerprint density at radius 3 is 2.35 bits per heavy atom. The number of nitrogens with one attached hydrogen (secondary N) is 1. The Kier molecular flexibility index (Phi) is 6.12. The highest BCUT2D eigenvalue weighted by molar-refractivity contribution is 7.89. The van der Waals surface area contributed by atoms with Crippen molar-refractivity contribution in [3.8, 4) is 0 Å². The van der Waals surface area contributed by atoms with Crippen LogP contribution in [0, 0.1) is 5.41 Å². The Hall–Kier alpha value is -1.48. The first-order chi connectivity index (χ1) is 11.9. The SMILES string of the molecule is CC(NC(=O)C(C)N1CCC(N)C(C)(C)C1)c1ccc(S(N)(=O)=O)cc1. The maximum Gasteiger partial charge on any atom is 0.238 e. The van der Waals surface area contributed by atoms with E-state index in [4.69, 9.17) is 10.9 Å². The van der Waals surface area contributed by atoms with Crippen molar-refractivity contribution >= 4 is 15.9 Å². The predicted octanol–water partition coefficient (Wildman–Crippen LogP) is 0.959. The zero-order valence-electron chi connectivity index (χ0n) is 15.9. The van der Waals surface area contributed by atoms with Crippen LogP contribution in [0.2, 0.25) is 0 Å². The van der Waals surface area contributed by atoms with Crippen molar-refractivity contribution < 1.29 is 13.2 Å². The third-order valence-electron chi connectivity index (χ3n) is 5.34. The second-order valence-electron chi connectivity index (χ2n) is 7.87. The maximum atomic E-state index is 12.6. The van der Waals surface area contributed by atoms with Crippen LogP contribution in [-0.2, 0) is 14.8 Å². The Labute approximate surface area is 156 Å². The zero-order valence-corrected chi connectivity index (χ0v) is 16.7. The summed E-state index contributed by atoms with van der Waals surface area (Å²) in [6.45, 7) is 9.61. The van der Waals surface area contributed by atoms with E-state index in [1.807, 2.05) is 13.8 Å². The van der Waals surface area contributed by atoms with Gasteiger partial charge in [-0.25, -0.2) is 13.6 Å². The van der Waals surface area contributed by atoms with Gasteiger partial charge in [0, 0.05) is 19.1 Å². The van der Waals surface area contributed by atoms with Gasteiger partial charge in [-0.3, -0.25) is 9.69 Å². The number of primary sulfonamides is 1. The lowest BCUT2D eigenvalue weighted by Gasteiger charge is -2.44. The quantitative estimate of drug-likeness (QED) is 0.701. The van der Waals surface area contributed by atoms with E-state index in [9.17, 15) is 13.2 Å². The summed E-state index contributed by atoms with van der Waals surface area (Å²) in [6, 6.07) is 5.88. The van der Waals surface area contributed by atoms with Gasteiger partial charge in [0.2, 0.25) is 15.9 Å². The molecular formula is C18H30N4O3S. The first-order valence-corrected chi connectivity index (χ1v) is 10.4. The molecule has 26 heavy (non-hydrogen) atoms.